The molecule has 12 nitrogen and oxygen atoms in total. The number of nitrogens with zero attached hydrogens (tertiary/aromatic N) is 2. The van der Waals surface area contributed by atoms with Gasteiger partial charge in [0.25, 0.3) is 0 Å². The van der Waals surface area contributed by atoms with Gasteiger partial charge in [0.05, 0.1) is 25.3 Å². The van der Waals surface area contributed by atoms with Crippen LogP contribution in [-0.2, 0) is 35.0 Å². The minimum atomic E-state index is -1.56. The number of allylic oxidation sites excluding steroid dienone is 3. The summed E-state index contributed by atoms with van der Waals surface area (Å²) in [5.74, 6) is -1.40. The fraction of sp³-hybridized carbons (Fsp3) is 0.588. The monoisotopic (exact) mass is 675 g/mol. The summed E-state index contributed by atoms with van der Waals surface area (Å²) >= 11 is 6.71. The molecule has 0 spiro atoms. The molecule has 0 unspecified atom stereocenters. The van der Waals surface area contributed by atoms with E-state index in [4.69, 9.17) is 30.5 Å². The third-order valence-electron chi connectivity index (χ3n) is 9.45. The lowest BCUT2D eigenvalue weighted by Gasteiger charge is -2.39. The number of epoxide rings is 1. The maximum atomic E-state index is 14.0. The van der Waals surface area contributed by atoms with Crippen molar-refractivity contribution < 1.29 is 43.2 Å². The summed E-state index contributed by atoms with van der Waals surface area (Å²) in [6.45, 7) is 8.76. The highest BCUT2D eigenvalue weighted by atomic mass is 35.5. The number of carbonyl (C=O) groups is 4. The van der Waals surface area contributed by atoms with E-state index in [2.05, 4.69) is 5.32 Å². The Hall–Kier alpha value is -3.61. The van der Waals surface area contributed by atoms with Crippen LogP contribution < -0.4 is 15.0 Å². The summed E-state index contributed by atoms with van der Waals surface area (Å²) < 4.78 is 23.3. The summed E-state index contributed by atoms with van der Waals surface area (Å²) in [6, 6.07) is 2.69. The number of alkyl carbamates (subject to hydrolysis) is 1. The summed E-state index contributed by atoms with van der Waals surface area (Å²) in [6.07, 6.45) is 2.99. The number of aliphatic hydroxyl groups is 1. The van der Waals surface area contributed by atoms with E-state index in [0.29, 0.717) is 17.9 Å². The van der Waals surface area contributed by atoms with Gasteiger partial charge in [-0.3, -0.25) is 14.9 Å². The first kappa shape index (κ1) is 36.2. The number of likely N-dealkylation sites (N-methyl/N-ethyl adjacent to an activating group) is 1. The van der Waals surface area contributed by atoms with Crippen LogP contribution in [0.2, 0.25) is 5.02 Å². The van der Waals surface area contributed by atoms with Crippen LogP contribution in [0, 0.1) is 5.92 Å². The molecule has 13 heteroatoms. The second-order valence-electron chi connectivity index (χ2n) is 13.0. The number of carbonyl (C=O) groups excluding carboxylic acids is 4. The first-order valence-electron chi connectivity index (χ1n) is 15.8. The van der Waals surface area contributed by atoms with Crippen LogP contribution in [0.25, 0.3) is 0 Å². The summed E-state index contributed by atoms with van der Waals surface area (Å²) in [4.78, 5) is 55.0. The molecule has 47 heavy (non-hydrogen) atoms. The third kappa shape index (κ3) is 7.93. The zero-order valence-corrected chi connectivity index (χ0v) is 29.1. The number of esters is 1. The predicted molar refractivity (Wildman–Crippen MR) is 175 cm³/mol. The Labute approximate surface area is 281 Å². The summed E-state index contributed by atoms with van der Waals surface area (Å²) in [7, 11) is 4.60. The number of amides is 3. The topological polar surface area (TPSA) is 147 Å². The van der Waals surface area contributed by atoms with Crippen LogP contribution in [-0.4, -0.2) is 90.8 Å². The molecule has 1 aromatic carbocycles. The third-order valence-corrected chi connectivity index (χ3v) is 9.83. The molecular weight excluding hydrogens is 630 g/mol. The van der Waals surface area contributed by atoms with E-state index in [1.165, 1.54) is 24.0 Å². The van der Waals surface area contributed by atoms with Gasteiger partial charge >= 0.3 is 12.1 Å². The lowest BCUT2D eigenvalue weighted by molar-refractivity contribution is -0.161. The Balaban J connectivity index is 1.75. The van der Waals surface area contributed by atoms with E-state index >= 15 is 0 Å². The average molecular weight is 676 g/mol. The SMILES string of the molecule is CCC(=O)N(C)[C@@H](C)C(=O)O[C@H]1CC(=O)N(C)c2cc(cc(OC)c2Cl)C/C(C)=C/C=C/C[C@@]2(O)C[C@H](OC(=O)N2)[C@@H](C)[C@@H]2O[C@@]12C. The molecule has 2 N–H and O–H groups in total. The highest BCUT2D eigenvalue weighted by Gasteiger charge is 2.64. The molecule has 7 atom stereocenters. The van der Waals surface area contributed by atoms with Gasteiger partial charge in [0.15, 0.2) is 0 Å². The molecule has 3 amide bonds. The molecule has 0 aromatic heterocycles. The molecule has 3 aliphatic rings. The van der Waals surface area contributed by atoms with Crippen molar-refractivity contribution in [2.75, 3.05) is 26.1 Å². The highest BCUT2D eigenvalue weighted by Crippen LogP contribution is 2.49. The normalized spacial score (nSPS) is 32.0. The molecule has 0 aliphatic carbocycles. The molecule has 4 rings (SSSR count). The Bertz CT molecular complexity index is 1460. The minimum Gasteiger partial charge on any atom is -0.495 e. The number of ether oxygens (including phenoxy) is 4. The van der Waals surface area contributed by atoms with Crippen LogP contribution in [0.15, 0.2) is 35.9 Å². The van der Waals surface area contributed by atoms with Gasteiger partial charge in [-0.05, 0) is 44.9 Å². The van der Waals surface area contributed by atoms with E-state index in [1.807, 2.05) is 32.1 Å². The standard InChI is InChI=1S/C34H46ClN3O9/c1-9-27(39)37(6)21(4)31(41)46-26-17-28(40)38(7)23-15-22(16-24(44-8)29(23)35)14-19(2)12-10-11-13-34(43)18-25(45-32(42)36-34)20(3)30-33(26,5)47-30/h10-12,15-16,20-21,25-26,30,43H,9,13-14,17-18H2,1-8H3,(H,36,42)/b11-10+,19-12+/t20-,21+,25+,26+,30+,33+,34-/m1/s1. The Morgan fingerprint density at radius 2 is 2.00 bits per heavy atom. The molecule has 0 radical (unpaired) electrons. The van der Waals surface area contributed by atoms with Crippen molar-refractivity contribution in [3.8, 4) is 5.75 Å². The molecule has 3 heterocycles. The van der Waals surface area contributed by atoms with Crippen LogP contribution in [0.3, 0.4) is 0 Å². The van der Waals surface area contributed by atoms with E-state index < -0.39 is 59.6 Å². The van der Waals surface area contributed by atoms with E-state index in [9.17, 15) is 24.3 Å². The van der Waals surface area contributed by atoms with Crippen molar-refractivity contribution in [3.63, 3.8) is 0 Å². The molecule has 3 aliphatic heterocycles. The van der Waals surface area contributed by atoms with Gasteiger partial charge in [0.2, 0.25) is 11.8 Å². The maximum absolute atomic E-state index is 14.0. The van der Waals surface area contributed by atoms with Crippen molar-refractivity contribution in [2.24, 2.45) is 5.92 Å². The smallest absolute Gasteiger partial charge is 0.409 e. The second kappa shape index (κ2) is 14.2. The van der Waals surface area contributed by atoms with E-state index in [-0.39, 0.29) is 36.6 Å². The van der Waals surface area contributed by atoms with Crippen LogP contribution >= 0.6 is 11.6 Å². The number of hydrogen-bond donors (Lipinski definition) is 2. The van der Waals surface area contributed by atoms with Crippen molar-refractivity contribution in [2.45, 2.75) is 102 Å². The fourth-order valence-corrected chi connectivity index (χ4v) is 6.51. The zero-order valence-electron chi connectivity index (χ0n) is 28.3. The average Bonchev–Trinajstić information content (AvgIpc) is 3.72. The molecule has 4 bridgehead atoms. The Morgan fingerprint density at radius 1 is 1.30 bits per heavy atom. The molecule has 2 saturated heterocycles. The molecule has 258 valence electrons. The van der Waals surface area contributed by atoms with Crippen molar-refractivity contribution in [1.82, 2.24) is 10.2 Å². The Kier molecular flexibility index (Phi) is 11.0. The number of hydrogen-bond acceptors (Lipinski definition) is 9. The summed E-state index contributed by atoms with van der Waals surface area (Å²) in [5, 5.41) is 14.1. The maximum Gasteiger partial charge on any atom is 0.409 e. The number of halogens is 1. The Morgan fingerprint density at radius 3 is 2.66 bits per heavy atom. The highest BCUT2D eigenvalue weighted by molar-refractivity contribution is 6.35. The number of nitrogens with one attached hydrogen (secondary N) is 1. The molecule has 1 aromatic rings. The number of methoxy groups -OCH3 is 1. The number of rotatable bonds is 5. The van der Waals surface area contributed by atoms with Gasteiger partial charge in [-0.25, -0.2) is 9.59 Å². The van der Waals surface area contributed by atoms with E-state index in [0.717, 1.165) is 11.1 Å². The minimum absolute atomic E-state index is 0.0834. The van der Waals surface area contributed by atoms with Crippen molar-refractivity contribution >= 4 is 41.2 Å². The largest absolute Gasteiger partial charge is 0.495 e. The number of benzene rings is 1. The zero-order chi connectivity index (χ0) is 34.8. The van der Waals surface area contributed by atoms with Gasteiger partial charge < -0.3 is 33.9 Å². The first-order chi connectivity index (χ1) is 22.0. The first-order valence-corrected chi connectivity index (χ1v) is 16.2. The van der Waals surface area contributed by atoms with Crippen molar-refractivity contribution in [1.29, 1.82) is 0 Å². The number of fused-ring (bicyclic) bond motifs is 5. The van der Waals surface area contributed by atoms with E-state index in [1.54, 1.807) is 40.0 Å². The van der Waals surface area contributed by atoms with Gasteiger partial charge in [-0.15, -0.1) is 0 Å². The molecule has 2 fully saturated rings. The van der Waals surface area contributed by atoms with Crippen LogP contribution in [0.4, 0.5) is 10.5 Å². The van der Waals surface area contributed by atoms with Crippen LogP contribution in [0.5, 0.6) is 5.75 Å². The fourth-order valence-electron chi connectivity index (χ4n) is 6.20. The quantitative estimate of drug-likeness (QED) is 0.344. The molecule has 0 saturated carbocycles. The van der Waals surface area contributed by atoms with Gasteiger partial charge in [-0.1, -0.05) is 49.2 Å². The van der Waals surface area contributed by atoms with Crippen molar-refractivity contribution in [3.05, 3.63) is 46.5 Å². The predicted octanol–water partition coefficient (Wildman–Crippen LogP) is 4.30. The second-order valence-corrected chi connectivity index (χ2v) is 13.3. The van der Waals surface area contributed by atoms with Crippen LogP contribution in [0.1, 0.15) is 65.9 Å². The number of anilines is 1. The summed E-state index contributed by atoms with van der Waals surface area (Å²) in [5.41, 5.74) is -0.474. The lowest BCUT2D eigenvalue weighted by Crippen LogP contribution is -2.57. The molecular formula is C34H46ClN3O9. The van der Waals surface area contributed by atoms with Gasteiger partial charge in [0, 0.05) is 39.3 Å². The lowest BCUT2D eigenvalue weighted by atomic mass is 9.84. The van der Waals surface area contributed by atoms with Gasteiger partial charge in [0.1, 0.15) is 40.3 Å². The van der Waals surface area contributed by atoms with Gasteiger partial charge in [-0.2, -0.15) is 0 Å².